The summed E-state index contributed by atoms with van der Waals surface area (Å²) >= 11 is 0. The highest BCUT2D eigenvalue weighted by Gasteiger charge is 2.16. The fourth-order valence-corrected chi connectivity index (χ4v) is 1.83. The number of hydrogen-bond acceptors (Lipinski definition) is 2. The minimum absolute atomic E-state index is 0.0360. The highest BCUT2D eigenvalue weighted by molar-refractivity contribution is 5.61. The smallest absolute Gasteiger partial charge is 0.124 e. The van der Waals surface area contributed by atoms with Gasteiger partial charge in [-0.05, 0) is 12.8 Å². The Morgan fingerprint density at radius 1 is 1.18 bits per heavy atom. The van der Waals surface area contributed by atoms with E-state index in [9.17, 15) is 0 Å². The number of hydrogen-bond donors (Lipinski definition) is 2. The highest BCUT2D eigenvalue weighted by Crippen LogP contribution is 2.24. The molecule has 3 nitrogen and oxygen atoms in total. The summed E-state index contributed by atoms with van der Waals surface area (Å²) in [7, 11) is 0. The molecule has 17 heavy (non-hydrogen) atoms. The summed E-state index contributed by atoms with van der Waals surface area (Å²) in [6.07, 6.45) is 0. The molecule has 0 fully saturated rings. The van der Waals surface area contributed by atoms with Crippen molar-refractivity contribution in [3.63, 3.8) is 0 Å². The van der Waals surface area contributed by atoms with Crippen LogP contribution in [0.3, 0.4) is 0 Å². The van der Waals surface area contributed by atoms with Crippen molar-refractivity contribution >= 4 is 0 Å². The summed E-state index contributed by atoms with van der Waals surface area (Å²) in [6, 6.07) is 10.1. The maximum atomic E-state index is 6.10. The molecule has 1 aromatic carbocycles. The largest absolute Gasteiger partial charge is 0.344 e. The summed E-state index contributed by atoms with van der Waals surface area (Å²) < 4.78 is 0. The fourth-order valence-electron chi connectivity index (χ4n) is 1.83. The molecule has 3 heteroatoms. The van der Waals surface area contributed by atoms with Crippen LogP contribution in [0.1, 0.15) is 31.4 Å². The maximum Gasteiger partial charge on any atom is 0.124 e. The van der Waals surface area contributed by atoms with Gasteiger partial charge in [-0.3, -0.25) is 0 Å². The van der Waals surface area contributed by atoms with Gasteiger partial charge in [0, 0.05) is 11.3 Å². The summed E-state index contributed by atoms with van der Waals surface area (Å²) in [5.74, 6) is 1.25. The molecule has 1 atom stereocenters. The van der Waals surface area contributed by atoms with Gasteiger partial charge in [0.25, 0.3) is 0 Å². The average molecular weight is 229 g/mol. The number of aryl methyl sites for hydroxylation is 1. The van der Waals surface area contributed by atoms with Crippen LogP contribution < -0.4 is 5.73 Å². The van der Waals surface area contributed by atoms with Gasteiger partial charge >= 0.3 is 0 Å². The Morgan fingerprint density at radius 2 is 1.82 bits per heavy atom. The van der Waals surface area contributed by atoms with E-state index in [1.165, 1.54) is 0 Å². The van der Waals surface area contributed by atoms with E-state index in [0.717, 1.165) is 22.8 Å². The third-order valence-corrected chi connectivity index (χ3v) is 2.98. The number of imidazole rings is 1. The van der Waals surface area contributed by atoms with E-state index >= 15 is 0 Å². The van der Waals surface area contributed by atoms with Gasteiger partial charge in [-0.25, -0.2) is 4.98 Å². The van der Waals surface area contributed by atoms with E-state index in [1.807, 2.05) is 25.1 Å². The van der Waals surface area contributed by atoms with Gasteiger partial charge in [0.05, 0.1) is 11.7 Å². The number of H-pyrrole nitrogens is 1. The van der Waals surface area contributed by atoms with Crippen molar-refractivity contribution in [3.05, 3.63) is 41.9 Å². The number of nitrogens with two attached hydrogens (primary N) is 1. The lowest BCUT2D eigenvalue weighted by Crippen LogP contribution is -2.18. The molecule has 0 radical (unpaired) electrons. The summed E-state index contributed by atoms with van der Waals surface area (Å²) in [5, 5.41) is 0. The quantitative estimate of drug-likeness (QED) is 0.850. The Hall–Kier alpha value is -1.61. The number of rotatable bonds is 3. The first kappa shape index (κ1) is 11.9. The third-order valence-electron chi connectivity index (χ3n) is 2.98. The second kappa shape index (κ2) is 4.72. The first-order valence-electron chi connectivity index (χ1n) is 5.97. The minimum Gasteiger partial charge on any atom is -0.344 e. The fraction of sp³-hybridized carbons (Fsp3) is 0.357. The Bertz CT molecular complexity index is 485. The molecule has 0 bridgehead atoms. The van der Waals surface area contributed by atoms with Gasteiger partial charge in [-0.15, -0.1) is 0 Å². The van der Waals surface area contributed by atoms with Crippen LogP contribution in [0.5, 0.6) is 0 Å². The van der Waals surface area contributed by atoms with Crippen LogP contribution in [0.15, 0.2) is 30.3 Å². The standard InChI is InChI=1S/C14H19N3/c1-9(2)12(15)14-16-10(3)13(17-14)11-7-5-4-6-8-11/h4-9,12H,15H2,1-3H3,(H,16,17). The molecule has 2 rings (SSSR count). The summed E-state index contributed by atoms with van der Waals surface area (Å²) in [5.41, 5.74) is 9.30. The predicted octanol–water partition coefficient (Wildman–Crippen LogP) is 3.04. The molecule has 90 valence electrons. The molecule has 2 aromatic rings. The molecule has 0 saturated carbocycles. The molecule has 0 amide bonds. The number of nitrogens with one attached hydrogen (secondary N) is 1. The first-order chi connectivity index (χ1) is 8.09. The normalized spacial score (nSPS) is 13.0. The SMILES string of the molecule is Cc1[nH]c(C(N)C(C)C)nc1-c1ccccc1. The molecule has 0 aliphatic rings. The second-order valence-corrected chi connectivity index (χ2v) is 4.73. The molecule has 0 saturated heterocycles. The van der Waals surface area contributed by atoms with E-state index in [4.69, 9.17) is 5.73 Å². The zero-order chi connectivity index (χ0) is 12.4. The molecule has 0 aliphatic heterocycles. The van der Waals surface area contributed by atoms with Gasteiger partial charge in [-0.1, -0.05) is 44.2 Å². The predicted molar refractivity (Wildman–Crippen MR) is 70.5 cm³/mol. The Balaban J connectivity index is 2.38. The third kappa shape index (κ3) is 2.39. The molecule has 0 spiro atoms. The number of aromatic nitrogens is 2. The van der Waals surface area contributed by atoms with Crippen LogP contribution in [0, 0.1) is 12.8 Å². The molecular formula is C14H19N3. The molecule has 1 heterocycles. The summed E-state index contributed by atoms with van der Waals surface area (Å²) in [4.78, 5) is 7.91. The van der Waals surface area contributed by atoms with Crippen molar-refractivity contribution in [3.8, 4) is 11.3 Å². The average Bonchev–Trinajstić information content (AvgIpc) is 2.71. The van der Waals surface area contributed by atoms with Crippen molar-refractivity contribution in [1.82, 2.24) is 9.97 Å². The van der Waals surface area contributed by atoms with Gasteiger partial charge in [-0.2, -0.15) is 0 Å². The zero-order valence-corrected chi connectivity index (χ0v) is 10.6. The molecule has 1 unspecified atom stereocenters. The molecule has 0 aliphatic carbocycles. The minimum atomic E-state index is -0.0360. The molecule has 1 aromatic heterocycles. The highest BCUT2D eigenvalue weighted by atomic mass is 15.0. The van der Waals surface area contributed by atoms with Crippen LogP contribution in [-0.2, 0) is 0 Å². The molecule has 3 N–H and O–H groups in total. The lowest BCUT2D eigenvalue weighted by Gasteiger charge is -2.11. The van der Waals surface area contributed by atoms with E-state index in [-0.39, 0.29) is 6.04 Å². The number of benzene rings is 1. The van der Waals surface area contributed by atoms with E-state index in [0.29, 0.717) is 5.92 Å². The maximum absolute atomic E-state index is 6.10. The van der Waals surface area contributed by atoms with Gasteiger partial charge in [0.15, 0.2) is 0 Å². The Kier molecular flexibility index (Phi) is 3.29. The van der Waals surface area contributed by atoms with Crippen LogP contribution in [0.4, 0.5) is 0 Å². The van der Waals surface area contributed by atoms with Crippen molar-refractivity contribution in [2.75, 3.05) is 0 Å². The van der Waals surface area contributed by atoms with Gasteiger partial charge in [0.2, 0.25) is 0 Å². The van der Waals surface area contributed by atoms with Crippen LogP contribution in [0.25, 0.3) is 11.3 Å². The van der Waals surface area contributed by atoms with Crippen molar-refractivity contribution in [2.45, 2.75) is 26.8 Å². The Labute approximate surface area is 102 Å². The van der Waals surface area contributed by atoms with Crippen LogP contribution >= 0.6 is 0 Å². The topological polar surface area (TPSA) is 54.7 Å². The number of nitrogens with zero attached hydrogens (tertiary/aromatic N) is 1. The van der Waals surface area contributed by atoms with Crippen molar-refractivity contribution < 1.29 is 0 Å². The first-order valence-corrected chi connectivity index (χ1v) is 5.97. The van der Waals surface area contributed by atoms with Crippen molar-refractivity contribution in [1.29, 1.82) is 0 Å². The number of aromatic amines is 1. The van der Waals surface area contributed by atoms with Crippen LogP contribution in [0.2, 0.25) is 0 Å². The monoisotopic (exact) mass is 229 g/mol. The van der Waals surface area contributed by atoms with E-state index in [1.54, 1.807) is 0 Å². The Morgan fingerprint density at radius 3 is 2.41 bits per heavy atom. The van der Waals surface area contributed by atoms with E-state index in [2.05, 4.69) is 35.9 Å². The van der Waals surface area contributed by atoms with Crippen LogP contribution in [-0.4, -0.2) is 9.97 Å². The molecular weight excluding hydrogens is 210 g/mol. The lowest BCUT2D eigenvalue weighted by molar-refractivity contribution is 0.494. The summed E-state index contributed by atoms with van der Waals surface area (Å²) in [6.45, 7) is 6.24. The second-order valence-electron chi connectivity index (χ2n) is 4.73. The lowest BCUT2D eigenvalue weighted by atomic mass is 10.1. The van der Waals surface area contributed by atoms with E-state index < -0.39 is 0 Å². The van der Waals surface area contributed by atoms with Gasteiger partial charge in [0.1, 0.15) is 5.82 Å². The van der Waals surface area contributed by atoms with Gasteiger partial charge < -0.3 is 10.7 Å². The zero-order valence-electron chi connectivity index (χ0n) is 10.6. The van der Waals surface area contributed by atoms with Crippen molar-refractivity contribution in [2.24, 2.45) is 11.7 Å².